The van der Waals surface area contributed by atoms with E-state index in [1.807, 2.05) is 20.8 Å². The summed E-state index contributed by atoms with van der Waals surface area (Å²) in [4.78, 5) is 21.5. The highest BCUT2D eigenvalue weighted by Gasteiger charge is 2.29. The highest BCUT2D eigenvalue weighted by Crippen LogP contribution is 2.21. The van der Waals surface area contributed by atoms with Crippen molar-refractivity contribution in [1.29, 1.82) is 0 Å². The molecule has 1 heterocycles. The Labute approximate surface area is 92.6 Å². The van der Waals surface area contributed by atoms with Crippen LogP contribution in [0.4, 0.5) is 5.82 Å². The van der Waals surface area contributed by atoms with E-state index in [9.17, 15) is 14.9 Å². The second-order valence-corrected chi connectivity index (χ2v) is 4.32. The second-order valence-electron chi connectivity index (χ2n) is 4.32. The van der Waals surface area contributed by atoms with Gasteiger partial charge in [0.25, 0.3) is 5.91 Å². The number of carbonyl (C=O) groups excluding carboxylic acids is 1. The highest BCUT2D eigenvalue weighted by molar-refractivity contribution is 5.97. The van der Waals surface area contributed by atoms with Gasteiger partial charge in [0.1, 0.15) is 0 Å². The van der Waals surface area contributed by atoms with Crippen LogP contribution in [0.5, 0.6) is 0 Å². The standard InChI is InChI=1S/C9H14N4O3/c1-9(2,3)12-5-6(8(14)10-4)7(11-12)13(15)16/h5H,1-4H3,(H,10,14). The second kappa shape index (κ2) is 3.92. The maximum absolute atomic E-state index is 11.4. The molecule has 1 rings (SSSR count). The summed E-state index contributed by atoms with van der Waals surface area (Å²) >= 11 is 0. The molecule has 0 bridgehead atoms. The SMILES string of the molecule is CNC(=O)c1cn(C(C)(C)C)nc1[N+](=O)[O-]. The van der Waals surface area contributed by atoms with Crippen LogP contribution in [-0.4, -0.2) is 27.7 Å². The zero-order chi connectivity index (χ0) is 12.5. The number of amides is 1. The van der Waals surface area contributed by atoms with E-state index in [0.29, 0.717) is 0 Å². The van der Waals surface area contributed by atoms with Crippen LogP contribution in [-0.2, 0) is 5.54 Å². The van der Waals surface area contributed by atoms with E-state index in [2.05, 4.69) is 10.4 Å². The number of hydrogen-bond donors (Lipinski definition) is 1. The molecule has 0 saturated heterocycles. The summed E-state index contributed by atoms with van der Waals surface area (Å²) in [5, 5.41) is 16.9. The van der Waals surface area contributed by atoms with Crippen molar-refractivity contribution < 1.29 is 9.72 Å². The molecule has 1 aromatic rings. The molecule has 1 N–H and O–H groups in total. The van der Waals surface area contributed by atoms with Crippen LogP contribution in [0.25, 0.3) is 0 Å². The minimum absolute atomic E-state index is 0.0255. The number of nitro groups is 1. The molecule has 0 fully saturated rings. The molecule has 0 aliphatic heterocycles. The van der Waals surface area contributed by atoms with Gasteiger partial charge >= 0.3 is 5.82 Å². The minimum atomic E-state index is -0.660. The van der Waals surface area contributed by atoms with Crippen LogP contribution >= 0.6 is 0 Å². The lowest BCUT2D eigenvalue weighted by molar-refractivity contribution is -0.390. The normalized spacial score (nSPS) is 11.2. The Balaban J connectivity index is 3.32. The van der Waals surface area contributed by atoms with E-state index in [1.54, 1.807) is 0 Å². The molecule has 0 saturated carbocycles. The van der Waals surface area contributed by atoms with E-state index in [0.717, 1.165) is 0 Å². The van der Waals surface area contributed by atoms with Crippen LogP contribution in [0.15, 0.2) is 6.20 Å². The van der Waals surface area contributed by atoms with Crippen molar-refractivity contribution in [2.75, 3.05) is 7.05 Å². The monoisotopic (exact) mass is 226 g/mol. The first-order chi connectivity index (χ1) is 7.27. The first-order valence-electron chi connectivity index (χ1n) is 4.74. The molecule has 7 heteroatoms. The highest BCUT2D eigenvalue weighted by atomic mass is 16.6. The molecule has 88 valence electrons. The third-order valence-electron chi connectivity index (χ3n) is 2.03. The number of hydrogen-bond acceptors (Lipinski definition) is 4. The van der Waals surface area contributed by atoms with Gasteiger partial charge in [-0.2, -0.15) is 4.68 Å². The smallest absolute Gasteiger partial charge is 0.358 e. The number of rotatable bonds is 2. The van der Waals surface area contributed by atoms with Crippen molar-refractivity contribution in [2.24, 2.45) is 0 Å². The lowest BCUT2D eigenvalue weighted by Gasteiger charge is -2.14. The Morgan fingerprint density at radius 1 is 1.56 bits per heavy atom. The lowest BCUT2D eigenvalue weighted by atomic mass is 10.1. The van der Waals surface area contributed by atoms with E-state index >= 15 is 0 Å². The fourth-order valence-electron chi connectivity index (χ4n) is 1.14. The molecule has 1 amide bonds. The van der Waals surface area contributed by atoms with E-state index in [-0.39, 0.29) is 5.56 Å². The van der Waals surface area contributed by atoms with E-state index < -0.39 is 22.2 Å². The first-order valence-corrected chi connectivity index (χ1v) is 4.74. The van der Waals surface area contributed by atoms with Crippen LogP contribution in [0.2, 0.25) is 0 Å². The van der Waals surface area contributed by atoms with Gasteiger partial charge in [0, 0.05) is 7.05 Å². The quantitative estimate of drug-likeness (QED) is 0.599. The predicted molar refractivity (Wildman–Crippen MR) is 57.3 cm³/mol. The fourth-order valence-corrected chi connectivity index (χ4v) is 1.14. The van der Waals surface area contributed by atoms with E-state index in [1.165, 1.54) is 17.9 Å². The summed E-state index contributed by atoms with van der Waals surface area (Å²) in [6.07, 6.45) is 1.39. The first kappa shape index (κ1) is 12.2. The van der Waals surface area contributed by atoms with Crippen LogP contribution in [0.1, 0.15) is 31.1 Å². The average Bonchev–Trinajstić information content (AvgIpc) is 2.60. The Kier molecular flexibility index (Phi) is 2.97. The molecule has 0 radical (unpaired) electrons. The zero-order valence-electron chi connectivity index (χ0n) is 9.64. The Morgan fingerprint density at radius 2 is 2.12 bits per heavy atom. The van der Waals surface area contributed by atoms with Crippen molar-refractivity contribution in [3.63, 3.8) is 0 Å². The van der Waals surface area contributed by atoms with Crippen molar-refractivity contribution in [3.8, 4) is 0 Å². The van der Waals surface area contributed by atoms with Gasteiger partial charge < -0.3 is 15.4 Å². The third-order valence-corrected chi connectivity index (χ3v) is 2.03. The number of nitrogens with zero attached hydrogens (tertiary/aromatic N) is 3. The van der Waals surface area contributed by atoms with Gasteiger partial charge in [-0.3, -0.25) is 4.79 Å². The maximum Gasteiger partial charge on any atom is 0.402 e. The largest absolute Gasteiger partial charge is 0.402 e. The molecule has 0 unspecified atom stereocenters. The van der Waals surface area contributed by atoms with Crippen LogP contribution in [0.3, 0.4) is 0 Å². The van der Waals surface area contributed by atoms with Crippen molar-refractivity contribution in [2.45, 2.75) is 26.3 Å². The molecule has 0 aliphatic carbocycles. The Bertz CT molecular complexity index is 430. The van der Waals surface area contributed by atoms with Gasteiger partial charge in [-0.25, -0.2) is 0 Å². The fraction of sp³-hybridized carbons (Fsp3) is 0.556. The number of carbonyl (C=O) groups is 1. The summed E-state index contributed by atoms with van der Waals surface area (Å²) < 4.78 is 1.41. The Hall–Kier alpha value is -1.92. The van der Waals surface area contributed by atoms with E-state index in [4.69, 9.17) is 0 Å². The summed E-state index contributed by atoms with van der Waals surface area (Å²) in [7, 11) is 1.42. The third kappa shape index (κ3) is 2.18. The maximum atomic E-state index is 11.4. The summed E-state index contributed by atoms with van der Waals surface area (Å²) in [6, 6.07) is 0. The summed E-state index contributed by atoms with van der Waals surface area (Å²) in [5.74, 6) is -0.934. The van der Waals surface area contributed by atoms with Crippen LogP contribution < -0.4 is 5.32 Å². The molecular weight excluding hydrogens is 212 g/mol. The van der Waals surface area contributed by atoms with Gasteiger partial charge in [0.2, 0.25) is 0 Å². The van der Waals surface area contributed by atoms with Crippen molar-refractivity contribution >= 4 is 11.7 Å². The molecule has 0 spiro atoms. The lowest BCUT2D eigenvalue weighted by Crippen LogP contribution is -2.22. The summed E-state index contributed by atoms with van der Waals surface area (Å²) in [6.45, 7) is 5.53. The van der Waals surface area contributed by atoms with Gasteiger partial charge in [-0.05, 0) is 25.7 Å². The van der Waals surface area contributed by atoms with Gasteiger partial charge in [0.15, 0.2) is 5.56 Å². The van der Waals surface area contributed by atoms with Gasteiger partial charge in [-0.1, -0.05) is 0 Å². The van der Waals surface area contributed by atoms with Crippen LogP contribution in [0, 0.1) is 10.1 Å². The predicted octanol–water partition coefficient (Wildman–Crippen LogP) is 0.906. The topological polar surface area (TPSA) is 90.1 Å². The van der Waals surface area contributed by atoms with Gasteiger partial charge in [0.05, 0.1) is 16.8 Å². The number of nitrogens with one attached hydrogen (secondary N) is 1. The molecule has 16 heavy (non-hydrogen) atoms. The molecule has 0 aliphatic rings. The van der Waals surface area contributed by atoms with Crippen molar-refractivity contribution in [3.05, 3.63) is 21.9 Å². The molecular formula is C9H14N4O3. The zero-order valence-corrected chi connectivity index (χ0v) is 9.64. The Morgan fingerprint density at radius 3 is 2.50 bits per heavy atom. The minimum Gasteiger partial charge on any atom is -0.358 e. The van der Waals surface area contributed by atoms with Gasteiger partial charge in [-0.15, -0.1) is 0 Å². The summed E-state index contributed by atoms with van der Waals surface area (Å²) in [5.41, 5.74) is -0.431. The average molecular weight is 226 g/mol. The molecule has 0 aromatic carbocycles. The molecule has 7 nitrogen and oxygen atoms in total. The van der Waals surface area contributed by atoms with Crippen molar-refractivity contribution in [1.82, 2.24) is 15.1 Å². The number of aromatic nitrogens is 2. The molecule has 1 aromatic heterocycles. The molecule has 0 atom stereocenters.